The molecular formula is C14H18N2. The van der Waals surface area contributed by atoms with Gasteiger partial charge in [0.15, 0.2) is 0 Å². The normalized spacial score (nSPS) is 16.1. The van der Waals surface area contributed by atoms with Gasteiger partial charge in [0.25, 0.3) is 0 Å². The molecule has 2 heteroatoms. The minimum absolute atomic E-state index is 0.0679. The Kier molecular flexibility index (Phi) is 3.14. The number of hydrogen-bond donors (Lipinski definition) is 0. The first kappa shape index (κ1) is 11.0. The van der Waals surface area contributed by atoms with Gasteiger partial charge in [0, 0.05) is 12.7 Å². The zero-order valence-corrected chi connectivity index (χ0v) is 10.0. The van der Waals surface area contributed by atoms with Gasteiger partial charge in [-0.3, -0.25) is 0 Å². The molecule has 1 atom stereocenters. The van der Waals surface area contributed by atoms with Gasteiger partial charge in [-0.2, -0.15) is 5.26 Å². The zero-order chi connectivity index (χ0) is 11.5. The molecule has 0 N–H and O–H groups in total. The lowest BCUT2D eigenvalue weighted by Gasteiger charge is -2.24. The van der Waals surface area contributed by atoms with E-state index in [-0.39, 0.29) is 6.04 Å². The zero-order valence-electron chi connectivity index (χ0n) is 10.0. The number of anilines is 1. The van der Waals surface area contributed by atoms with Crippen molar-refractivity contribution < 1.29 is 0 Å². The van der Waals surface area contributed by atoms with Crippen molar-refractivity contribution in [3.05, 3.63) is 29.3 Å². The molecule has 0 aliphatic heterocycles. The number of aryl methyl sites for hydroxylation is 2. The number of hydrogen-bond acceptors (Lipinski definition) is 2. The minimum Gasteiger partial charge on any atom is -0.359 e. The van der Waals surface area contributed by atoms with E-state index in [9.17, 15) is 0 Å². The van der Waals surface area contributed by atoms with Gasteiger partial charge in [0.05, 0.1) is 6.07 Å². The summed E-state index contributed by atoms with van der Waals surface area (Å²) in [5.41, 5.74) is 4.13. The van der Waals surface area contributed by atoms with Crippen LogP contribution in [0.15, 0.2) is 18.2 Å². The monoisotopic (exact) mass is 214 g/mol. The summed E-state index contributed by atoms with van der Waals surface area (Å²) < 4.78 is 0. The highest BCUT2D eigenvalue weighted by molar-refractivity contribution is 5.52. The highest BCUT2D eigenvalue weighted by Gasteiger charge is 2.13. The highest BCUT2D eigenvalue weighted by atomic mass is 15.1. The van der Waals surface area contributed by atoms with E-state index >= 15 is 0 Å². The molecule has 84 valence electrons. The third-order valence-corrected chi connectivity index (χ3v) is 3.51. The molecule has 0 spiro atoms. The van der Waals surface area contributed by atoms with Crippen molar-refractivity contribution in [2.24, 2.45) is 0 Å². The minimum atomic E-state index is -0.0679. The quantitative estimate of drug-likeness (QED) is 0.757. The smallest absolute Gasteiger partial charge is 0.113 e. The van der Waals surface area contributed by atoms with E-state index in [0.717, 1.165) is 5.69 Å². The van der Waals surface area contributed by atoms with Gasteiger partial charge in [0.1, 0.15) is 6.04 Å². The summed E-state index contributed by atoms with van der Waals surface area (Å²) in [6.07, 6.45) is 5.02. The molecule has 1 aliphatic carbocycles. The first-order valence-electron chi connectivity index (χ1n) is 5.96. The van der Waals surface area contributed by atoms with Crippen molar-refractivity contribution in [1.82, 2.24) is 0 Å². The number of fused-ring (bicyclic) bond motifs is 1. The van der Waals surface area contributed by atoms with Crippen LogP contribution < -0.4 is 4.90 Å². The van der Waals surface area contributed by atoms with Crippen LogP contribution in [0.4, 0.5) is 5.69 Å². The Hall–Kier alpha value is -1.49. The van der Waals surface area contributed by atoms with Crippen molar-refractivity contribution in [3.63, 3.8) is 0 Å². The van der Waals surface area contributed by atoms with Crippen LogP contribution in [0.25, 0.3) is 0 Å². The Morgan fingerprint density at radius 1 is 1.25 bits per heavy atom. The predicted octanol–water partition coefficient (Wildman–Crippen LogP) is 2.91. The van der Waals surface area contributed by atoms with Crippen LogP contribution >= 0.6 is 0 Å². The second kappa shape index (κ2) is 4.57. The fourth-order valence-electron chi connectivity index (χ4n) is 2.25. The van der Waals surface area contributed by atoms with E-state index in [1.54, 1.807) is 0 Å². The van der Waals surface area contributed by atoms with Gasteiger partial charge in [-0.25, -0.2) is 0 Å². The van der Waals surface area contributed by atoms with E-state index in [0.29, 0.717) is 0 Å². The second-order valence-electron chi connectivity index (χ2n) is 4.58. The highest BCUT2D eigenvalue weighted by Crippen LogP contribution is 2.26. The van der Waals surface area contributed by atoms with E-state index in [1.165, 1.54) is 36.8 Å². The molecule has 1 aromatic carbocycles. The van der Waals surface area contributed by atoms with Crippen molar-refractivity contribution in [3.8, 4) is 6.07 Å². The van der Waals surface area contributed by atoms with Crippen molar-refractivity contribution in [2.45, 2.75) is 38.6 Å². The maximum absolute atomic E-state index is 8.91. The van der Waals surface area contributed by atoms with Crippen LogP contribution in [0.1, 0.15) is 30.9 Å². The van der Waals surface area contributed by atoms with Gasteiger partial charge >= 0.3 is 0 Å². The average Bonchev–Trinajstić information content (AvgIpc) is 2.36. The third-order valence-electron chi connectivity index (χ3n) is 3.51. The van der Waals surface area contributed by atoms with Crippen LogP contribution in [-0.2, 0) is 12.8 Å². The summed E-state index contributed by atoms with van der Waals surface area (Å²) in [6, 6.07) is 8.82. The fraction of sp³-hybridized carbons (Fsp3) is 0.500. The molecular weight excluding hydrogens is 196 g/mol. The van der Waals surface area contributed by atoms with Gasteiger partial charge in [0.2, 0.25) is 0 Å². The Labute approximate surface area is 97.5 Å². The summed E-state index contributed by atoms with van der Waals surface area (Å²) in [7, 11) is 1.98. The van der Waals surface area contributed by atoms with Crippen LogP contribution in [0, 0.1) is 11.3 Å². The summed E-state index contributed by atoms with van der Waals surface area (Å²) in [4.78, 5) is 2.04. The topological polar surface area (TPSA) is 27.0 Å². The SMILES string of the molecule is CC(C#N)N(C)c1ccc2c(c1)CCCC2. The van der Waals surface area contributed by atoms with Crippen LogP contribution in [-0.4, -0.2) is 13.1 Å². The van der Waals surface area contributed by atoms with E-state index in [2.05, 4.69) is 24.3 Å². The lowest BCUT2D eigenvalue weighted by molar-refractivity contribution is 0.684. The molecule has 0 amide bonds. The maximum Gasteiger partial charge on any atom is 0.113 e. The fourth-order valence-corrected chi connectivity index (χ4v) is 2.25. The van der Waals surface area contributed by atoms with Crippen LogP contribution in [0.2, 0.25) is 0 Å². The van der Waals surface area contributed by atoms with Crippen LogP contribution in [0.3, 0.4) is 0 Å². The molecule has 0 aromatic heterocycles. The molecule has 1 unspecified atom stereocenters. The van der Waals surface area contributed by atoms with Crippen molar-refractivity contribution in [1.29, 1.82) is 5.26 Å². The van der Waals surface area contributed by atoms with Crippen LogP contribution in [0.5, 0.6) is 0 Å². The Bertz CT molecular complexity index is 417. The number of nitrogens with zero attached hydrogens (tertiary/aromatic N) is 2. The number of rotatable bonds is 2. The molecule has 1 aliphatic rings. The molecule has 2 nitrogen and oxygen atoms in total. The lowest BCUT2D eigenvalue weighted by atomic mass is 9.91. The second-order valence-corrected chi connectivity index (χ2v) is 4.58. The van der Waals surface area contributed by atoms with Gasteiger partial charge in [-0.1, -0.05) is 6.07 Å². The molecule has 0 saturated carbocycles. The summed E-state index contributed by atoms with van der Waals surface area (Å²) in [5.74, 6) is 0. The molecule has 0 bridgehead atoms. The Balaban J connectivity index is 2.27. The Morgan fingerprint density at radius 3 is 2.62 bits per heavy atom. The van der Waals surface area contributed by atoms with Gasteiger partial charge in [-0.05, 0) is 55.9 Å². The molecule has 2 rings (SSSR count). The Morgan fingerprint density at radius 2 is 1.94 bits per heavy atom. The predicted molar refractivity (Wildman–Crippen MR) is 66.6 cm³/mol. The molecule has 0 fully saturated rings. The van der Waals surface area contributed by atoms with Gasteiger partial charge < -0.3 is 4.90 Å². The average molecular weight is 214 g/mol. The molecule has 0 saturated heterocycles. The first-order chi connectivity index (χ1) is 7.72. The molecule has 0 radical (unpaired) electrons. The summed E-state index contributed by atoms with van der Waals surface area (Å²) >= 11 is 0. The van der Waals surface area contributed by atoms with E-state index in [4.69, 9.17) is 5.26 Å². The standard InChI is InChI=1S/C14H18N2/c1-11(10-15)16(2)14-8-7-12-5-3-4-6-13(12)9-14/h7-9,11H,3-6H2,1-2H3. The summed E-state index contributed by atoms with van der Waals surface area (Å²) in [5, 5.41) is 8.91. The van der Waals surface area contributed by atoms with Gasteiger partial charge in [-0.15, -0.1) is 0 Å². The van der Waals surface area contributed by atoms with E-state index in [1.807, 2.05) is 18.9 Å². The number of benzene rings is 1. The molecule has 16 heavy (non-hydrogen) atoms. The first-order valence-corrected chi connectivity index (χ1v) is 5.96. The molecule has 0 heterocycles. The lowest BCUT2D eigenvalue weighted by Crippen LogP contribution is -2.27. The van der Waals surface area contributed by atoms with Crippen molar-refractivity contribution in [2.75, 3.05) is 11.9 Å². The third kappa shape index (κ3) is 2.04. The van der Waals surface area contributed by atoms with E-state index < -0.39 is 0 Å². The number of nitriles is 1. The molecule has 1 aromatic rings. The van der Waals surface area contributed by atoms with Crippen molar-refractivity contribution >= 4 is 5.69 Å². The largest absolute Gasteiger partial charge is 0.359 e. The maximum atomic E-state index is 8.91. The summed E-state index contributed by atoms with van der Waals surface area (Å²) in [6.45, 7) is 1.93.